The molecule has 2 rings (SSSR count). The number of aromatic nitrogens is 1. The van der Waals surface area contributed by atoms with Gasteiger partial charge in [0.25, 0.3) is 0 Å². The highest BCUT2D eigenvalue weighted by molar-refractivity contribution is 7.47. The maximum Gasteiger partial charge on any atom is 0.304 e. The number of aldehydes is 1. The Morgan fingerprint density at radius 3 is 2.87 bits per heavy atom. The molecule has 0 saturated heterocycles. The van der Waals surface area contributed by atoms with Crippen LogP contribution in [0.25, 0.3) is 10.9 Å². The van der Waals surface area contributed by atoms with Gasteiger partial charge in [-0.1, -0.05) is 0 Å². The number of carbonyl (C=O) groups excluding carboxylic acids is 2. The van der Waals surface area contributed by atoms with Crippen LogP contribution in [-0.4, -0.2) is 17.2 Å². The zero-order chi connectivity index (χ0) is 10.8. The van der Waals surface area contributed by atoms with Crippen molar-refractivity contribution in [2.45, 2.75) is 0 Å². The van der Waals surface area contributed by atoms with Crippen LogP contribution in [0.5, 0.6) is 0 Å². The predicted molar refractivity (Wildman–Crippen MR) is 57.8 cm³/mol. The van der Waals surface area contributed by atoms with Crippen molar-refractivity contribution in [1.82, 2.24) is 4.98 Å². The number of hydrogen-bond acceptors (Lipinski definition) is 3. The molecule has 5 heteroatoms. The molecule has 0 saturated carbocycles. The number of carbonyl (C=O) groups is 2. The molecule has 1 heterocycles. The predicted octanol–water partition coefficient (Wildman–Crippen LogP) is 1.85. The molecule has 1 N–H and O–H groups in total. The Kier molecular flexibility index (Phi) is 2.39. The first-order chi connectivity index (χ1) is 7.24. The fourth-order valence-corrected chi connectivity index (χ4v) is 1.49. The first kappa shape index (κ1) is 9.67. The van der Waals surface area contributed by atoms with E-state index in [0.717, 1.165) is 17.2 Å². The quantitative estimate of drug-likeness (QED) is 0.782. The van der Waals surface area contributed by atoms with Crippen LogP contribution in [0.1, 0.15) is 20.8 Å². The zero-order valence-corrected chi connectivity index (χ0v) is 8.38. The Labute approximate surface area is 90.5 Å². The van der Waals surface area contributed by atoms with Crippen molar-refractivity contribution < 1.29 is 9.59 Å². The summed E-state index contributed by atoms with van der Waals surface area (Å²) in [5, 5.41) is 0.793. The van der Waals surface area contributed by atoms with E-state index in [9.17, 15) is 9.59 Å². The van der Waals surface area contributed by atoms with E-state index in [1.54, 1.807) is 24.3 Å². The molecule has 15 heavy (non-hydrogen) atoms. The Morgan fingerprint density at radius 2 is 2.20 bits per heavy atom. The molecule has 0 radical (unpaired) electrons. The van der Waals surface area contributed by atoms with E-state index in [1.807, 2.05) is 0 Å². The second kappa shape index (κ2) is 3.70. The molecule has 0 aliphatic carbocycles. The van der Waals surface area contributed by atoms with Gasteiger partial charge in [-0.25, -0.2) is 0 Å². The molecule has 0 fully saturated rings. The average Bonchev–Trinajstić information content (AvgIpc) is 2.70. The van der Waals surface area contributed by atoms with Crippen LogP contribution in [0.2, 0.25) is 0 Å². The number of benzene rings is 1. The van der Waals surface area contributed by atoms with E-state index in [4.69, 9.17) is 0 Å². The molecular formula is C10H6N2O2S. The van der Waals surface area contributed by atoms with Crippen molar-refractivity contribution in [3.05, 3.63) is 35.5 Å². The molecule has 1 amide bonds. The van der Waals surface area contributed by atoms with Crippen molar-refractivity contribution in [2.24, 2.45) is 4.36 Å². The number of nitrogens with one attached hydrogen (secondary N) is 1. The van der Waals surface area contributed by atoms with Gasteiger partial charge in [0.1, 0.15) is 12.0 Å². The van der Waals surface area contributed by atoms with Gasteiger partial charge < -0.3 is 4.98 Å². The lowest BCUT2D eigenvalue weighted by atomic mass is 10.2. The molecule has 1 aromatic heterocycles. The fraction of sp³-hybridized carbons (Fsp3) is 0. The number of nitrogens with zero attached hydrogens (tertiary/aromatic N) is 1. The van der Waals surface area contributed by atoms with E-state index < -0.39 is 5.91 Å². The van der Waals surface area contributed by atoms with Crippen LogP contribution in [0.3, 0.4) is 0 Å². The maximum absolute atomic E-state index is 11.2. The van der Waals surface area contributed by atoms with Gasteiger partial charge in [0.2, 0.25) is 0 Å². The number of hydrogen-bond donors (Lipinski definition) is 1. The minimum absolute atomic E-state index is 0.336. The van der Waals surface area contributed by atoms with Gasteiger partial charge >= 0.3 is 5.91 Å². The molecule has 0 bridgehead atoms. The van der Waals surface area contributed by atoms with Gasteiger partial charge in [0, 0.05) is 28.9 Å². The molecule has 2 aromatic rings. The fourth-order valence-electron chi connectivity index (χ4n) is 1.39. The van der Waals surface area contributed by atoms with E-state index in [0.29, 0.717) is 11.3 Å². The Morgan fingerprint density at radius 1 is 1.40 bits per heavy atom. The van der Waals surface area contributed by atoms with Crippen molar-refractivity contribution in [3.63, 3.8) is 0 Å². The largest absolute Gasteiger partial charge is 0.350 e. The van der Waals surface area contributed by atoms with Crippen LogP contribution in [0, 0.1) is 0 Å². The number of H-pyrrole nitrogens is 1. The second-order valence-electron chi connectivity index (χ2n) is 3.04. The lowest BCUT2D eigenvalue weighted by molar-refractivity contribution is 0.100. The monoisotopic (exact) mass is 218 g/mol. The van der Waals surface area contributed by atoms with Crippen LogP contribution < -0.4 is 0 Å². The van der Waals surface area contributed by atoms with E-state index in [-0.39, 0.29) is 0 Å². The lowest BCUT2D eigenvalue weighted by Gasteiger charge is -1.89. The first-order valence-electron chi connectivity index (χ1n) is 4.20. The van der Waals surface area contributed by atoms with Gasteiger partial charge in [-0.2, -0.15) is 0 Å². The van der Waals surface area contributed by atoms with E-state index in [1.165, 1.54) is 0 Å². The van der Waals surface area contributed by atoms with Gasteiger partial charge in [0.05, 0.1) is 0 Å². The Bertz CT molecular complexity index is 560. The number of aromatic amines is 1. The van der Waals surface area contributed by atoms with Crippen LogP contribution >= 0.6 is 0 Å². The second-order valence-corrected chi connectivity index (χ2v) is 3.23. The average molecular weight is 218 g/mol. The minimum atomic E-state index is -0.478. The highest BCUT2D eigenvalue weighted by atomic mass is 32.1. The van der Waals surface area contributed by atoms with E-state index >= 15 is 0 Å². The third kappa shape index (κ3) is 1.69. The molecule has 1 aromatic carbocycles. The van der Waals surface area contributed by atoms with Crippen molar-refractivity contribution in [2.75, 3.05) is 0 Å². The topological polar surface area (TPSA) is 62.3 Å². The molecule has 0 aliphatic rings. The molecule has 0 atom stereocenters. The minimum Gasteiger partial charge on any atom is -0.350 e. The van der Waals surface area contributed by atoms with E-state index in [2.05, 4.69) is 21.8 Å². The summed E-state index contributed by atoms with van der Waals surface area (Å²) in [4.78, 5) is 24.6. The molecular weight excluding hydrogens is 212 g/mol. The zero-order valence-electron chi connectivity index (χ0n) is 7.56. The third-order valence-corrected chi connectivity index (χ3v) is 2.26. The first-order valence-corrected chi connectivity index (χ1v) is 4.57. The SMILES string of the molecule is O=Cc1ccc2[nH]c(C(=O)N=S)cc2c1. The lowest BCUT2D eigenvalue weighted by Crippen LogP contribution is -1.91. The summed E-state index contributed by atoms with van der Waals surface area (Å²) in [6.07, 6.45) is 0.755. The van der Waals surface area contributed by atoms with Crippen LogP contribution in [0.4, 0.5) is 0 Å². The van der Waals surface area contributed by atoms with Gasteiger partial charge in [0.15, 0.2) is 0 Å². The maximum atomic E-state index is 11.2. The van der Waals surface area contributed by atoms with Crippen molar-refractivity contribution in [1.29, 1.82) is 0 Å². The Balaban J connectivity index is 2.60. The third-order valence-electron chi connectivity index (χ3n) is 2.09. The summed E-state index contributed by atoms with van der Waals surface area (Å²) >= 11 is 4.31. The molecule has 0 aliphatic heterocycles. The summed E-state index contributed by atoms with van der Waals surface area (Å²) in [6, 6.07) is 6.73. The summed E-state index contributed by atoms with van der Waals surface area (Å²) in [5.74, 6) is -0.478. The summed E-state index contributed by atoms with van der Waals surface area (Å²) in [5.41, 5.74) is 1.68. The highest BCUT2D eigenvalue weighted by Crippen LogP contribution is 2.17. The Hall–Kier alpha value is -1.88. The summed E-state index contributed by atoms with van der Waals surface area (Å²) in [6.45, 7) is 0. The molecule has 4 nitrogen and oxygen atoms in total. The molecule has 74 valence electrons. The van der Waals surface area contributed by atoms with Crippen LogP contribution in [-0.2, 0) is 12.4 Å². The normalized spacial score (nSPS) is 10.1. The summed E-state index contributed by atoms with van der Waals surface area (Å²) < 4.78 is 3.14. The van der Waals surface area contributed by atoms with Crippen molar-refractivity contribution >= 4 is 35.5 Å². The smallest absolute Gasteiger partial charge is 0.304 e. The number of fused-ring (bicyclic) bond motifs is 1. The molecule has 0 spiro atoms. The van der Waals surface area contributed by atoms with Crippen molar-refractivity contribution in [3.8, 4) is 0 Å². The van der Waals surface area contributed by atoms with Gasteiger partial charge in [-0.15, -0.1) is 4.36 Å². The summed E-state index contributed by atoms with van der Waals surface area (Å²) in [7, 11) is 0. The van der Waals surface area contributed by atoms with Gasteiger partial charge in [-0.3, -0.25) is 9.59 Å². The highest BCUT2D eigenvalue weighted by Gasteiger charge is 2.07. The number of amides is 1. The standard InChI is InChI=1S/C10H6N2O2S/c13-5-6-1-2-8-7(3-6)4-9(11-8)10(14)12-15/h1-5,11H. The van der Waals surface area contributed by atoms with Gasteiger partial charge in [-0.05, 0) is 24.3 Å². The molecule has 0 unspecified atom stereocenters. The van der Waals surface area contributed by atoms with Crippen LogP contribution in [0.15, 0.2) is 28.6 Å². The number of rotatable bonds is 2.